The highest BCUT2D eigenvalue weighted by molar-refractivity contribution is 5.80. The first-order chi connectivity index (χ1) is 13.1. The highest BCUT2D eigenvalue weighted by atomic mass is 16.6. The van der Waals surface area contributed by atoms with Crippen LogP contribution in [-0.2, 0) is 9.53 Å². The van der Waals surface area contributed by atoms with Gasteiger partial charge in [0.1, 0.15) is 11.9 Å². The Morgan fingerprint density at radius 3 is 3.04 bits per heavy atom. The number of alkyl carbamates (subject to hydrolysis) is 1. The fraction of sp³-hybridized carbons (Fsp3) is 0.471. The summed E-state index contributed by atoms with van der Waals surface area (Å²) in [5, 5.41) is 11.0. The van der Waals surface area contributed by atoms with Gasteiger partial charge in [0.2, 0.25) is 5.91 Å². The van der Waals surface area contributed by atoms with Crippen molar-refractivity contribution in [2.24, 2.45) is 11.7 Å². The second-order valence-electron chi connectivity index (χ2n) is 6.81. The molecule has 142 valence electrons. The quantitative estimate of drug-likeness (QED) is 0.613. The number of primary amides is 1. The van der Waals surface area contributed by atoms with Gasteiger partial charge in [-0.25, -0.2) is 9.78 Å². The smallest absolute Gasteiger partial charge is 0.407 e. The van der Waals surface area contributed by atoms with Gasteiger partial charge in [0, 0.05) is 12.1 Å². The molecule has 4 rings (SSSR count). The molecule has 0 bridgehead atoms. The Labute approximate surface area is 154 Å². The number of ether oxygens (including phenoxy) is 1. The second-order valence-corrected chi connectivity index (χ2v) is 6.81. The van der Waals surface area contributed by atoms with Crippen molar-refractivity contribution in [3.8, 4) is 0 Å². The number of fused-ring (bicyclic) bond motifs is 3. The third kappa shape index (κ3) is 3.18. The molecule has 0 aromatic carbocycles. The Balaban J connectivity index is 1.58. The number of nitrogens with one attached hydrogen (secondary N) is 2. The van der Waals surface area contributed by atoms with Gasteiger partial charge >= 0.3 is 6.09 Å². The van der Waals surface area contributed by atoms with E-state index in [-0.39, 0.29) is 18.6 Å². The average Bonchev–Trinajstić information content (AvgIpc) is 3.35. The molecule has 27 heavy (non-hydrogen) atoms. The molecule has 3 atom stereocenters. The number of carbonyl (C=O) groups excluding carboxylic acids is 2. The Morgan fingerprint density at radius 2 is 2.26 bits per heavy atom. The summed E-state index contributed by atoms with van der Waals surface area (Å²) in [4.78, 5) is 30.1. The van der Waals surface area contributed by atoms with E-state index in [1.165, 1.54) is 0 Å². The molecule has 3 heterocycles. The van der Waals surface area contributed by atoms with Gasteiger partial charge < -0.3 is 20.8 Å². The Morgan fingerprint density at radius 1 is 1.41 bits per heavy atom. The molecule has 10 heteroatoms. The van der Waals surface area contributed by atoms with E-state index in [1.54, 1.807) is 6.20 Å². The molecule has 1 aliphatic rings. The molecule has 2 amide bonds. The van der Waals surface area contributed by atoms with Crippen molar-refractivity contribution in [2.75, 3.05) is 6.54 Å². The van der Waals surface area contributed by atoms with Gasteiger partial charge in [-0.1, -0.05) is 13.3 Å². The molecule has 0 saturated heterocycles. The van der Waals surface area contributed by atoms with Gasteiger partial charge in [0.25, 0.3) is 0 Å². The minimum atomic E-state index is -0.627. The standard InChI is InChI=1S/C17H21N7O3/c1-2-9-5-10(27-17(26)21-7-13(18)25)6-11(9)16-23-22-14-8-20-15-12(24(14)16)3-4-19-15/h3-4,8-11,19H,2,5-7H2,1H3,(H2,18,25)(H,21,26). The summed E-state index contributed by atoms with van der Waals surface area (Å²) < 4.78 is 7.49. The summed E-state index contributed by atoms with van der Waals surface area (Å²) in [5.74, 6) is 0.669. The number of carbonyl (C=O) groups is 2. The first-order valence-electron chi connectivity index (χ1n) is 8.96. The summed E-state index contributed by atoms with van der Waals surface area (Å²) in [7, 11) is 0. The minimum Gasteiger partial charge on any atom is -0.446 e. The van der Waals surface area contributed by atoms with Crippen molar-refractivity contribution in [1.82, 2.24) is 29.9 Å². The van der Waals surface area contributed by atoms with E-state index in [4.69, 9.17) is 10.5 Å². The van der Waals surface area contributed by atoms with Gasteiger partial charge in [-0.2, -0.15) is 0 Å². The Hall–Kier alpha value is -3.17. The highest BCUT2D eigenvalue weighted by Crippen LogP contribution is 2.42. The molecule has 1 fully saturated rings. The minimum absolute atomic E-state index is 0.111. The first-order valence-corrected chi connectivity index (χ1v) is 8.96. The van der Waals surface area contributed by atoms with Crippen LogP contribution in [0.5, 0.6) is 0 Å². The largest absolute Gasteiger partial charge is 0.446 e. The summed E-state index contributed by atoms with van der Waals surface area (Å²) in [5.41, 5.74) is 7.42. The molecular formula is C17H21N7O3. The predicted molar refractivity (Wildman–Crippen MR) is 95.9 cm³/mol. The molecule has 0 radical (unpaired) electrons. The fourth-order valence-corrected chi connectivity index (χ4v) is 3.93. The molecule has 10 nitrogen and oxygen atoms in total. The van der Waals surface area contributed by atoms with Crippen LogP contribution >= 0.6 is 0 Å². The van der Waals surface area contributed by atoms with Gasteiger partial charge in [-0.15, -0.1) is 10.2 Å². The van der Waals surface area contributed by atoms with Crippen molar-refractivity contribution in [3.63, 3.8) is 0 Å². The first kappa shape index (κ1) is 17.3. The van der Waals surface area contributed by atoms with Crippen LogP contribution in [0.4, 0.5) is 4.79 Å². The number of aromatic amines is 1. The SMILES string of the molecule is CCC1CC(OC(=O)NCC(N)=O)CC1c1nnc2cnc3[nH]ccc3n12. The van der Waals surface area contributed by atoms with Crippen molar-refractivity contribution in [2.45, 2.75) is 38.2 Å². The zero-order valence-electron chi connectivity index (χ0n) is 14.9. The van der Waals surface area contributed by atoms with Crippen LogP contribution in [0.1, 0.15) is 37.9 Å². The van der Waals surface area contributed by atoms with Crippen LogP contribution in [-0.4, -0.2) is 49.2 Å². The van der Waals surface area contributed by atoms with Crippen molar-refractivity contribution < 1.29 is 14.3 Å². The van der Waals surface area contributed by atoms with Crippen LogP contribution in [0.3, 0.4) is 0 Å². The maximum absolute atomic E-state index is 11.9. The van der Waals surface area contributed by atoms with E-state index in [1.807, 2.05) is 16.7 Å². The number of hydrogen-bond acceptors (Lipinski definition) is 6. The van der Waals surface area contributed by atoms with Crippen LogP contribution in [0.25, 0.3) is 16.8 Å². The topological polar surface area (TPSA) is 140 Å². The van der Waals surface area contributed by atoms with Gasteiger partial charge in [0.15, 0.2) is 11.3 Å². The fourth-order valence-electron chi connectivity index (χ4n) is 3.93. The van der Waals surface area contributed by atoms with E-state index >= 15 is 0 Å². The molecule has 1 saturated carbocycles. The lowest BCUT2D eigenvalue weighted by atomic mass is 9.93. The molecule has 3 aromatic rings. The number of aromatic nitrogens is 5. The van der Waals surface area contributed by atoms with Crippen molar-refractivity contribution >= 4 is 28.8 Å². The normalized spacial score (nSPS) is 22.3. The van der Waals surface area contributed by atoms with Crippen LogP contribution < -0.4 is 11.1 Å². The highest BCUT2D eigenvalue weighted by Gasteiger charge is 2.39. The van der Waals surface area contributed by atoms with E-state index in [9.17, 15) is 9.59 Å². The summed E-state index contributed by atoms with van der Waals surface area (Å²) in [6.45, 7) is 1.88. The number of H-pyrrole nitrogens is 1. The van der Waals surface area contributed by atoms with Gasteiger partial charge in [-0.05, 0) is 24.8 Å². The van der Waals surface area contributed by atoms with E-state index in [2.05, 4.69) is 32.4 Å². The number of nitrogens with zero attached hydrogens (tertiary/aromatic N) is 4. The second kappa shape index (κ2) is 6.86. The molecule has 4 N–H and O–H groups in total. The maximum atomic E-state index is 11.9. The molecular weight excluding hydrogens is 350 g/mol. The molecule has 0 spiro atoms. The van der Waals surface area contributed by atoms with E-state index in [0.29, 0.717) is 18.0 Å². The van der Waals surface area contributed by atoms with Crippen LogP contribution in [0, 0.1) is 5.92 Å². The van der Waals surface area contributed by atoms with Crippen LogP contribution in [0.15, 0.2) is 18.5 Å². The lowest BCUT2D eigenvalue weighted by Crippen LogP contribution is -2.35. The molecule has 1 aliphatic carbocycles. The molecule has 0 aliphatic heterocycles. The zero-order valence-corrected chi connectivity index (χ0v) is 14.9. The number of amides is 2. The maximum Gasteiger partial charge on any atom is 0.407 e. The number of rotatable bonds is 5. The zero-order chi connectivity index (χ0) is 19.0. The summed E-state index contributed by atoms with van der Waals surface area (Å²) >= 11 is 0. The summed E-state index contributed by atoms with van der Waals surface area (Å²) in [6.07, 6.45) is 4.97. The number of hydrogen-bond donors (Lipinski definition) is 3. The van der Waals surface area contributed by atoms with E-state index in [0.717, 1.165) is 29.8 Å². The molecule has 3 aromatic heterocycles. The third-order valence-corrected chi connectivity index (χ3v) is 5.16. The predicted octanol–water partition coefficient (Wildman–Crippen LogP) is 1.09. The Kier molecular flexibility index (Phi) is 4.38. The lowest BCUT2D eigenvalue weighted by Gasteiger charge is -2.15. The number of nitrogens with two attached hydrogens (primary N) is 1. The average molecular weight is 371 g/mol. The molecule has 3 unspecified atom stereocenters. The monoisotopic (exact) mass is 371 g/mol. The Bertz CT molecular complexity index is 995. The summed E-state index contributed by atoms with van der Waals surface area (Å²) in [6, 6.07) is 1.95. The van der Waals surface area contributed by atoms with Gasteiger partial charge in [-0.3, -0.25) is 9.20 Å². The van der Waals surface area contributed by atoms with Crippen molar-refractivity contribution in [3.05, 3.63) is 24.3 Å². The lowest BCUT2D eigenvalue weighted by molar-refractivity contribution is -0.117. The van der Waals surface area contributed by atoms with Gasteiger partial charge in [0.05, 0.1) is 18.3 Å². The van der Waals surface area contributed by atoms with Crippen LogP contribution in [0.2, 0.25) is 0 Å². The third-order valence-electron chi connectivity index (χ3n) is 5.16. The van der Waals surface area contributed by atoms with Crippen molar-refractivity contribution in [1.29, 1.82) is 0 Å². The van der Waals surface area contributed by atoms with E-state index < -0.39 is 12.0 Å².